The second-order valence-corrected chi connectivity index (χ2v) is 7.31. The lowest BCUT2D eigenvalue weighted by Gasteiger charge is -2.27. The predicted molar refractivity (Wildman–Crippen MR) is 91.1 cm³/mol. The summed E-state index contributed by atoms with van der Waals surface area (Å²) in [7, 11) is -4.02. The van der Waals surface area contributed by atoms with Crippen LogP contribution in [0.25, 0.3) is 11.1 Å². The Balaban J connectivity index is 2.02. The van der Waals surface area contributed by atoms with Crippen LogP contribution in [0.2, 0.25) is 0 Å². The molecule has 3 N–H and O–H groups in total. The highest BCUT2D eigenvalue weighted by atomic mass is 32.2. The zero-order chi connectivity index (χ0) is 17.3. The second kappa shape index (κ2) is 6.26. The summed E-state index contributed by atoms with van der Waals surface area (Å²) in [5.74, 6) is -0.294. The third-order valence-electron chi connectivity index (χ3n) is 4.08. The van der Waals surface area contributed by atoms with E-state index in [2.05, 4.69) is 0 Å². The van der Waals surface area contributed by atoms with Gasteiger partial charge in [-0.1, -0.05) is 18.2 Å². The van der Waals surface area contributed by atoms with E-state index in [9.17, 15) is 18.3 Å². The van der Waals surface area contributed by atoms with Crippen molar-refractivity contribution in [2.45, 2.75) is 24.2 Å². The number of rotatable bonds is 3. The number of aromatic hydroxyl groups is 1. The van der Waals surface area contributed by atoms with E-state index < -0.39 is 10.0 Å². The topological polar surface area (TPSA) is 101 Å². The molecule has 0 aliphatic carbocycles. The zero-order valence-electron chi connectivity index (χ0n) is 13.0. The molecule has 6 nitrogen and oxygen atoms in total. The molecule has 7 heteroatoms. The molecule has 0 bridgehead atoms. The number of anilines is 1. The number of carbonyl (C=O) groups excluding carboxylic acids is 1. The molecule has 2 aromatic carbocycles. The molecule has 1 amide bonds. The Hall–Kier alpha value is -2.38. The van der Waals surface area contributed by atoms with Crippen molar-refractivity contribution in [1.82, 2.24) is 0 Å². The number of amides is 1. The van der Waals surface area contributed by atoms with Crippen molar-refractivity contribution >= 4 is 21.6 Å². The number of hydrogen-bond acceptors (Lipinski definition) is 4. The van der Waals surface area contributed by atoms with Crippen molar-refractivity contribution in [2.24, 2.45) is 5.14 Å². The average molecular weight is 346 g/mol. The summed E-state index contributed by atoms with van der Waals surface area (Å²) in [6, 6.07) is 11.6. The summed E-state index contributed by atoms with van der Waals surface area (Å²) in [6.45, 7) is 0.681. The Kier molecular flexibility index (Phi) is 4.29. The number of phenols is 1. The van der Waals surface area contributed by atoms with Crippen LogP contribution in [0, 0.1) is 0 Å². The van der Waals surface area contributed by atoms with E-state index in [1.807, 2.05) is 24.3 Å². The van der Waals surface area contributed by atoms with Crippen LogP contribution in [0.4, 0.5) is 5.69 Å². The van der Waals surface area contributed by atoms with Crippen molar-refractivity contribution in [3.8, 4) is 16.9 Å². The number of phenolic OH excluding ortho intramolecular Hbond substituents is 1. The van der Waals surface area contributed by atoms with Crippen molar-refractivity contribution < 1.29 is 18.3 Å². The van der Waals surface area contributed by atoms with Gasteiger partial charge in [0.15, 0.2) is 0 Å². The summed E-state index contributed by atoms with van der Waals surface area (Å²) in [4.78, 5) is 13.5. The van der Waals surface area contributed by atoms with Crippen LogP contribution >= 0.6 is 0 Å². The van der Waals surface area contributed by atoms with Gasteiger partial charge >= 0.3 is 0 Å². The summed E-state index contributed by atoms with van der Waals surface area (Å²) < 4.78 is 23.1. The molecule has 1 saturated heterocycles. The molecule has 2 aromatic rings. The Bertz CT molecular complexity index is 893. The minimum Gasteiger partial charge on any atom is -0.507 e. The number of sulfonamides is 1. The molecule has 1 heterocycles. The highest BCUT2D eigenvalue weighted by Gasteiger charge is 2.20. The first kappa shape index (κ1) is 16.5. The Labute approximate surface area is 140 Å². The molecule has 0 spiro atoms. The van der Waals surface area contributed by atoms with E-state index in [0.29, 0.717) is 18.5 Å². The molecule has 1 aliphatic heterocycles. The van der Waals surface area contributed by atoms with Crippen molar-refractivity contribution in [2.75, 3.05) is 11.4 Å². The summed E-state index contributed by atoms with van der Waals surface area (Å²) in [5, 5.41) is 14.8. The monoisotopic (exact) mass is 346 g/mol. The lowest BCUT2D eigenvalue weighted by Crippen LogP contribution is -2.35. The molecule has 0 atom stereocenters. The van der Waals surface area contributed by atoms with Gasteiger partial charge in [0.25, 0.3) is 0 Å². The van der Waals surface area contributed by atoms with Crippen LogP contribution in [-0.2, 0) is 14.8 Å². The number of primary sulfonamides is 1. The molecule has 3 rings (SSSR count). The van der Waals surface area contributed by atoms with Crippen LogP contribution in [0.1, 0.15) is 19.3 Å². The maximum absolute atomic E-state index is 12.1. The first-order valence-corrected chi connectivity index (χ1v) is 9.17. The number of piperidine rings is 1. The Morgan fingerprint density at radius 3 is 2.50 bits per heavy atom. The van der Waals surface area contributed by atoms with E-state index in [1.165, 1.54) is 12.1 Å². The number of nitrogens with zero attached hydrogens (tertiary/aromatic N) is 1. The summed E-state index contributed by atoms with van der Waals surface area (Å²) in [6.07, 6.45) is 2.41. The average Bonchev–Trinajstić information content (AvgIpc) is 2.55. The summed E-state index contributed by atoms with van der Waals surface area (Å²) in [5.41, 5.74) is 2.13. The fourth-order valence-electron chi connectivity index (χ4n) is 2.85. The van der Waals surface area contributed by atoms with Crippen LogP contribution in [0.15, 0.2) is 47.4 Å². The third-order valence-corrected chi connectivity index (χ3v) is 5.02. The molecule has 1 fully saturated rings. The lowest BCUT2D eigenvalue weighted by atomic mass is 10.0. The van der Waals surface area contributed by atoms with Crippen LogP contribution in [0.5, 0.6) is 5.75 Å². The highest BCUT2D eigenvalue weighted by molar-refractivity contribution is 7.89. The van der Waals surface area contributed by atoms with Gasteiger partial charge in [0.2, 0.25) is 15.9 Å². The van der Waals surface area contributed by atoms with Gasteiger partial charge in [0.1, 0.15) is 10.6 Å². The quantitative estimate of drug-likeness (QED) is 0.890. The molecule has 0 saturated carbocycles. The standard InChI is InChI=1S/C17H18N2O4S/c18-24(22,23)16-11-13(7-8-15(16)20)12-4-3-5-14(10-12)19-9-2-1-6-17(19)21/h3-5,7-8,10-11,20H,1-2,6,9H2,(H2,18,22,23). The van der Waals surface area contributed by atoms with Crippen molar-refractivity contribution in [1.29, 1.82) is 0 Å². The van der Waals surface area contributed by atoms with Crippen LogP contribution < -0.4 is 10.0 Å². The van der Waals surface area contributed by atoms with Gasteiger partial charge in [0.05, 0.1) is 0 Å². The number of benzene rings is 2. The zero-order valence-corrected chi connectivity index (χ0v) is 13.8. The highest BCUT2D eigenvalue weighted by Crippen LogP contribution is 2.31. The molecule has 1 aliphatic rings. The number of nitrogens with two attached hydrogens (primary N) is 1. The van der Waals surface area contributed by atoms with Crippen LogP contribution in [0.3, 0.4) is 0 Å². The summed E-state index contributed by atoms with van der Waals surface area (Å²) >= 11 is 0. The van der Waals surface area contributed by atoms with Crippen molar-refractivity contribution in [3.63, 3.8) is 0 Å². The Morgan fingerprint density at radius 1 is 1.04 bits per heavy atom. The second-order valence-electron chi connectivity index (χ2n) is 5.78. The smallest absolute Gasteiger partial charge is 0.241 e. The molecular weight excluding hydrogens is 328 g/mol. The van der Waals surface area contributed by atoms with Crippen LogP contribution in [-0.4, -0.2) is 26.0 Å². The fraction of sp³-hybridized carbons (Fsp3) is 0.235. The van der Waals surface area contributed by atoms with Gasteiger partial charge in [-0.25, -0.2) is 13.6 Å². The van der Waals surface area contributed by atoms with E-state index in [-0.39, 0.29) is 16.6 Å². The molecule has 0 aromatic heterocycles. The molecule has 0 radical (unpaired) electrons. The van der Waals surface area contributed by atoms with Gasteiger partial charge in [-0.2, -0.15) is 0 Å². The van der Waals surface area contributed by atoms with E-state index >= 15 is 0 Å². The van der Waals surface area contributed by atoms with Gasteiger partial charge in [-0.3, -0.25) is 4.79 Å². The molecule has 0 unspecified atom stereocenters. The van der Waals surface area contributed by atoms with E-state index in [4.69, 9.17) is 5.14 Å². The SMILES string of the molecule is NS(=O)(=O)c1cc(-c2cccc(N3CCCCC3=O)c2)ccc1O. The van der Waals surface area contributed by atoms with Crippen molar-refractivity contribution in [3.05, 3.63) is 42.5 Å². The first-order chi connectivity index (χ1) is 11.4. The van der Waals surface area contributed by atoms with Gasteiger partial charge < -0.3 is 10.0 Å². The van der Waals surface area contributed by atoms with Gasteiger partial charge in [-0.05, 0) is 48.2 Å². The third kappa shape index (κ3) is 3.27. The van der Waals surface area contributed by atoms with E-state index in [0.717, 1.165) is 24.1 Å². The maximum atomic E-state index is 12.1. The minimum atomic E-state index is -4.02. The maximum Gasteiger partial charge on any atom is 0.241 e. The van der Waals surface area contributed by atoms with E-state index in [1.54, 1.807) is 11.0 Å². The minimum absolute atomic E-state index is 0.0920. The Morgan fingerprint density at radius 2 is 1.79 bits per heavy atom. The lowest BCUT2D eigenvalue weighted by molar-refractivity contribution is -0.119. The fourth-order valence-corrected chi connectivity index (χ4v) is 3.50. The molecule has 126 valence electrons. The normalized spacial score (nSPS) is 15.5. The number of hydrogen-bond donors (Lipinski definition) is 2. The first-order valence-electron chi connectivity index (χ1n) is 7.63. The largest absolute Gasteiger partial charge is 0.507 e. The molecular formula is C17H18N2O4S. The predicted octanol–water partition coefficient (Wildman–Crippen LogP) is 2.22. The van der Waals surface area contributed by atoms with Gasteiger partial charge in [0, 0.05) is 18.7 Å². The molecule has 24 heavy (non-hydrogen) atoms. The number of carbonyl (C=O) groups is 1. The van der Waals surface area contributed by atoms with Gasteiger partial charge in [-0.15, -0.1) is 0 Å².